The van der Waals surface area contributed by atoms with Crippen molar-refractivity contribution >= 4 is 29.1 Å². The Bertz CT molecular complexity index is 1080. The van der Waals surface area contributed by atoms with Crippen molar-refractivity contribution < 1.29 is 19.1 Å². The minimum Gasteiger partial charge on any atom is -0.376 e. The van der Waals surface area contributed by atoms with Crippen molar-refractivity contribution in [3.05, 3.63) is 59.2 Å². The molecule has 0 bridgehead atoms. The molecule has 180 valence electrons. The van der Waals surface area contributed by atoms with E-state index >= 15 is 0 Å². The van der Waals surface area contributed by atoms with E-state index < -0.39 is 0 Å². The normalized spacial score (nSPS) is 21.1. The number of carbonyl (C=O) groups is 3. The molecule has 3 atom stereocenters. The van der Waals surface area contributed by atoms with Gasteiger partial charge in [-0.2, -0.15) is 0 Å². The molecule has 2 aromatic carbocycles. The lowest BCUT2D eigenvalue weighted by molar-refractivity contribution is -0.118. The molecular formula is C27H33N3O4. The Hall–Kier alpha value is -3.19. The topological polar surface area (TPSA) is 87.7 Å². The Morgan fingerprint density at radius 1 is 1.09 bits per heavy atom. The van der Waals surface area contributed by atoms with Crippen LogP contribution in [0.4, 0.5) is 11.4 Å². The molecule has 7 nitrogen and oxygen atoms in total. The largest absolute Gasteiger partial charge is 0.376 e. The number of benzene rings is 2. The van der Waals surface area contributed by atoms with Gasteiger partial charge in [0, 0.05) is 36.0 Å². The predicted molar refractivity (Wildman–Crippen MR) is 132 cm³/mol. The number of aryl methyl sites for hydroxylation is 1. The maximum absolute atomic E-state index is 13.5. The summed E-state index contributed by atoms with van der Waals surface area (Å²) in [6.07, 6.45) is 2.62. The van der Waals surface area contributed by atoms with E-state index in [2.05, 4.69) is 17.6 Å². The molecule has 1 heterocycles. The first-order valence-corrected chi connectivity index (χ1v) is 12.0. The average molecular weight is 464 g/mol. The summed E-state index contributed by atoms with van der Waals surface area (Å²) in [4.78, 5) is 40.2. The monoisotopic (exact) mass is 463 g/mol. The molecule has 0 spiro atoms. The molecule has 1 saturated heterocycles. The fraction of sp³-hybridized carbons (Fsp3) is 0.444. The van der Waals surface area contributed by atoms with Crippen molar-refractivity contribution in [2.24, 2.45) is 11.8 Å². The number of ether oxygens (including phenoxy) is 1. The number of nitrogens with one attached hydrogen (secondary N) is 2. The molecule has 2 N–H and O–H groups in total. The van der Waals surface area contributed by atoms with E-state index in [4.69, 9.17) is 4.74 Å². The summed E-state index contributed by atoms with van der Waals surface area (Å²) in [6, 6.07) is 12.7. The highest BCUT2D eigenvalue weighted by atomic mass is 16.5. The summed E-state index contributed by atoms with van der Waals surface area (Å²) in [5.41, 5.74) is 3.85. The minimum atomic E-state index is -0.262. The number of hydrogen-bond acceptors (Lipinski definition) is 4. The van der Waals surface area contributed by atoms with E-state index in [-0.39, 0.29) is 36.3 Å². The quantitative estimate of drug-likeness (QED) is 0.615. The maximum atomic E-state index is 13.5. The molecule has 1 saturated carbocycles. The molecule has 2 aliphatic rings. The van der Waals surface area contributed by atoms with Gasteiger partial charge in [-0.3, -0.25) is 14.4 Å². The number of rotatable bonds is 8. The summed E-state index contributed by atoms with van der Waals surface area (Å²) in [5, 5.41) is 5.86. The molecule has 1 aliphatic carbocycles. The Kier molecular flexibility index (Phi) is 7.32. The van der Waals surface area contributed by atoms with Crippen molar-refractivity contribution in [1.29, 1.82) is 0 Å². The zero-order valence-electron chi connectivity index (χ0n) is 20.1. The summed E-state index contributed by atoms with van der Waals surface area (Å²) in [5.74, 6) is -0.0812. The van der Waals surface area contributed by atoms with Crippen LogP contribution in [0, 0.1) is 25.7 Å². The Labute approximate surface area is 200 Å². The van der Waals surface area contributed by atoms with Gasteiger partial charge < -0.3 is 20.3 Å². The highest BCUT2D eigenvalue weighted by Gasteiger charge is 2.39. The molecule has 1 aliphatic heterocycles. The van der Waals surface area contributed by atoms with E-state index in [1.54, 1.807) is 29.2 Å². The lowest BCUT2D eigenvalue weighted by Crippen LogP contribution is -2.42. The fourth-order valence-electron chi connectivity index (χ4n) is 4.34. The third-order valence-electron chi connectivity index (χ3n) is 6.77. The number of hydrogen-bond donors (Lipinski definition) is 2. The van der Waals surface area contributed by atoms with Crippen LogP contribution in [0.2, 0.25) is 0 Å². The van der Waals surface area contributed by atoms with E-state index in [1.807, 2.05) is 32.0 Å². The van der Waals surface area contributed by atoms with Crippen LogP contribution < -0.4 is 10.6 Å². The lowest BCUT2D eigenvalue weighted by Gasteiger charge is -2.25. The summed E-state index contributed by atoms with van der Waals surface area (Å²) in [7, 11) is 0. The second-order valence-corrected chi connectivity index (χ2v) is 9.51. The zero-order valence-corrected chi connectivity index (χ0v) is 20.1. The van der Waals surface area contributed by atoms with Gasteiger partial charge in [0.2, 0.25) is 11.8 Å². The number of amides is 3. The third-order valence-corrected chi connectivity index (χ3v) is 6.77. The van der Waals surface area contributed by atoms with Crippen LogP contribution in [-0.4, -0.2) is 48.4 Å². The second kappa shape index (κ2) is 10.4. The number of nitrogens with zero attached hydrogens (tertiary/aromatic N) is 1. The Morgan fingerprint density at radius 2 is 1.85 bits per heavy atom. The summed E-state index contributed by atoms with van der Waals surface area (Å²) >= 11 is 0. The van der Waals surface area contributed by atoms with E-state index in [9.17, 15) is 14.4 Å². The van der Waals surface area contributed by atoms with Gasteiger partial charge in [0.25, 0.3) is 5.91 Å². The minimum absolute atomic E-state index is 0.0128. The molecule has 34 heavy (non-hydrogen) atoms. The first-order chi connectivity index (χ1) is 16.3. The van der Waals surface area contributed by atoms with Crippen molar-refractivity contribution in [2.45, 2.75) is 46.1 Å². The standard InChI is InChI=1S/C27H33N3O4/c1-17-7-4-11-24(19(17)3)29-25(31)16-30(15-22-10-6-12-34-22)27(33)20-8-5-9-21(14-20)28-26(32)23-13-18(23)2/h4-5,7-9,11,14,18,22-23H,6,10,12-13,15-16H2,1-3H3,(H,28,32)(H,29,31). The van der Waals surface area contributed by atoms with E-state index in [1.165, 1.54) is 0 Å². The molecule has 7 heteroatoms. The van der Waals surface area contributed by atoms with Crippen LogP contribution in [-0.2, 0) is 14.3 Å². The highest BCUT2D eigenvalue weighted by molar-refractivity contribution is 6.01. The Balaban J connectivity index is 1.48. The molecular weight excluding hydrogens is 430 g/mol. The van der Waals surface area contributed by atoms with Crippen molar-refractivity contribution in [1.82, 2.24) is 4.90 Å². The van der Waals surface area contributed by atoms with Gasteiger partial charge in [-0.25, -0.2) is 0 Å². The molecule has 4 rings (SSSR count). The molecule has 3 amide bonds. The van der Waals surface area contributed by atoms with Crippen LogP contribution in [0.1, 0.15) is 47.7 Å². The summed E-state index contributed by atoms with van der Waals surface area (Å²) < 4.78 is 5.74. The van der Waals surface area contributed by atoms with Crippen LogP contribution >= 0.6 is 0 Å². The highest BCUT2D eigenvalue weighted by Crippen LogP contribution is 2.38. The lowest BCUT2D eigenvalue weighted by atomic mass is 10.1. The molecule has 2 fully saturated rings. The second-order valence-electron chi connectivity index (χ2n) is 9.51. The maximum Gasteiger partial charge on any atom is 0.254 e. The van der Waals surface area contributed by atoms with Crippen molar-refractivity contribution in [3.63, 3.8) is 0 Å². The third kappa shape index (κ3) is 5.83. The van der Waals surface area contributed by atoms with E-state index in [0.29, 0.717) is 30.3 Å². The number of carbonyl (C=O) groups excluding carboxylic acids is 3. The van der Waals surface area contributed by atoms with Gasteiger partial charge in [-0.05, 0) is 74.4 Å². The molecule has 0 radical (unpaired) electrons. The number of anilines is 2. The van der Waals surface area contributed by atoms with Gasteiger partial charge >= 0.3 is 0 Å². The SMILES string of the molecule is Cc1cccc(NC(=O)CN(CC2CCCO2)C(=O)c2cccc(NC(=O)C3CC3C)c2)c1C. The summed E-state index contributed by atoms with van der Waals surface area (Å²) in [6.45, 7) is 6.94. The average Bonchev–Trinajstić information content (AvgIpc) is 3.32. The van der Waals surface area contributed by atoms with Crippen LogP contribution in [0.3, 0.4) is 0 Å². The first kappa shape index (κ1) is 24.0. The van der Waals surface area contributed by atoms with Crippen LogP contribution in [0.5, 0.6) is 0 Å². The van der Waals surface area contributed by atoms with Gasteiger partial charge in [-0.15, -0.1) is 0 Å². The smallest absolute Gasteiger partial charge is 0.254 e. The van der Waals surface area contributed by atoms with Gasteiger partial charge in [0.1, 0.15) is 6.54 Å². The van der Waals surface area contributed by atoms with Crippen molar-refractivity contribution in [2.75, 3.05) is 30.3 Å². The van der Waals surface area contributed by atoms with Gasteiger partial charge in [0.15, 0.2) is 0 Å². The fourth-order valence-corrected chi connectivity index (χ4v) is 4.34. The van der Waals surface area contributed by atoms with Crippen molar-refractivity contribution in [3.8, 4) is 0 Å². The van der Waals surface area contributed by atoms with Gasteiger partial charge in [-0.1, -0.05) is 25.1 Å². The predicted octanol–water partition coefficient (Wildman–Crippen LogP) is 4.16. The van der Waals surface area contributed by atoms with Gasteiger partial charge in [0.05, 0.1) is 6.10 Å². The molecule has 3 unspecified atom stereocenters. The first-order valence-electron chi connectivity index (χ1n) is 12.0. The van der Waals surface area contributed by atoms with E-state index in [0.717, 1.165) is 36.1 Å². The van der Waals surface area contributed by atoms with Crippen LogP contribution in [0.25, 0.3) is 0 Å². The zero-order chi connectivity index (χ0) is 24.2. The Morgan fingerprint density at radius 3 is 2.56 bits per heavy atom. The molecule has 2 aromatic rings. The van der Waals surface area contributed by atoms with Crippen LogP contribution in [0.15, 0.2) is 42.5 Å². The molecule has 0 aromatic heterocycles.